The molecule has 0 amide bonds. The molecule has 0 aliphatic heterocycles. The van der Waals surface area contributed by atoms with Gasteiger partial charge in [-0.25, -0.2) is 13.1 Å². The molecule has 4 nitrogen and oxygen atoms in total. The Hall–Kier alpha value is -1.69. The number of benzene rings is 2. The van der Waals surface area contributed by atoms with E-state index in [0.717, 1.165) is 36.8 Å². The summed E-state index contributed by atoms with van der Waals surface area (Å²) in [6.07, 6.45) is 3.19. The highest BCUT2D eigenvalue weighted by molar-refractivity contribution is 7.89. The fourth-order valence-electron chi connectivity index (χ4n) is 3.66. The van der Waals surface area contributed by atoms with E-state index in [2.05, 4.69) is 4.72 Å². The van der Waals surface area contributed by atoms with Crippen molar-refractivity contribution in [2.24, 2.45) is 5.92 Å². The Kier molecular flexibility index (Phi) is 5.51. The first-order chi connectivity index (χ1) is 12.3. The van der Waals surface area contributed by atoms with Gasteiger partial charge in [0, 0.05) is 6.04 Å². The van der Waals surface area contributed by atoms with Crippen LogP contribution >= 0.6 is 0 Å². The summed E-state index contributed by atoms with van der Waals surface area (Å²) in [5.41, 5.74) is 1.36. The van der Waals surface area contributed by atoms with Crippen molar-refractivity contribution in [2.75, 3.05) is 0 Å². The van der Waals surface area contributed by atoms with Crippen molar-refractivity contribution in [3.05, 3.63) is 54.6 Å². The molecule has 3 rings (SSSR count). The molecular weight excluding hydrogens is 346 g/mol. The van der Waals surface area contributed by atoms with E-state index in [1.807, 2.05) is 56.3 Å². The summed E-state index contributed by atoms with van der Waals surface area (Å²) in [7, 11) is -3.52. The van der Waals surface area contributed by atoms with Gasteiger partial charge < -0.3 is 5.11 Å². The van der Waals surface area contributed by atoms with Crippen molar-refractivity contribution >= 4 is 10.0 Å². The normalized spacial score (nSPS) is 21.5. The number of hydrogen-bond acceptors (Lipinski definition) is 3. The van der Waals surface area contributed by atoms with Crippen LogP contribution in [0.4, 0.5) is 0 Å². The van der Waals surface area contributed by atoms with Gasteiger partial charge in [-0.05, 0) is 68.7 Å². The maximum absolute atomic E-state index is 12.7. The Morgan fingerprint density at radius 2 is 1.42 bits per heavy atom. The zero-order chi connectivity index (χ0) is 18.8. The molecule has 0 bridgehead atoms. The average Bonchev–Trinajstić information content (AvgIpc) is 2.62. The van der Waals surface area contributed by atoms with Gasteiger partial charge in [0.1, 0.15) is 0 Å². The summed E-state index contributed by atoms with van der Waals surface area (Å²) in [6.45, 7) is 3.66. The third-order valence-corrected chi connectivity index (χ3v) is 6.86. The molecule has 0 spiro atoms. The Morgan fingerprint density at radius 3 is 1.96 bits per heavy atom. The second kappa shape index (κ2) is 7.51. The van der Waals surface area contributed by atoms with Crippen molar-refractivity contribution in [2.45, 2.75) is 56.1 Å². The van der Waals surface area contributed by atoms with Gasteiger partial charge in [-0.2, -0.15) is 0 Å². The van der Waals surface area contributed by atoms with Crippen molar-refractivity contribution in [3.63, 3.8) is 0 Å². The lowest BCUT2D eigenvalue weighted by atomic mass is 9.77. The largest absolute Gasteiger partial charge is 0.390 e. The first-order valence-electron chi connectivity index (χ1n) is 9.16. The lowest BCUT2D eigenvalue weighted by Crippen LogP contribution is -2.41. The fraction of sp³-hybridized carbons (Fsp3) is 0.429. The minimum absolute atomic E-state index is 0.0626. The van der Waals surface area contributed by atoms with Crippen LogP contribution in [0.25, 0.3) is 11.1 Å². The highest BCUT2D eigenvalue weighted by Gasteiger charge is 2.32. The average molecular weight is 374 g/mol. The predicted octanol–water partition coefficient (Wildman–Crippen LogP) is 3.96. The first-order valence-corrected chi connectivity index (χ1v) is 10.6. The van der Waals surface area contributed by atoms with Crippen LogP contribution in [-0.2, 0) is 10.0 Å². The predicted molar refractivity (Wildman–Crippen MR) is 104 cm³/mol. The molecular formula is C21H27NO3S. The van der Waals surface area contributed by atoms with Gasteiger partial charge in [-0.3, -0.25) is 0 Å². The zero-order valence-corrected chi connectivity index (χ0v) is 16.2. The number of hydrogen-bond donors (Lipinski definition) is 2. The van der Waals surface area contributed by atoms with Crippen LogP contribution in [0.3, 0.4) is 0 Å². The summed E-state index contributed by atoms with van der Waals surface area (Å²) >= 11 is 0. The van der Waals surface area contributed by atoms with Gasteiger partial charge in [-0.1, -0.05) is 42.5 Å². The zero-order valence-electron chi connectivity index (χ0n) is 15.4. The Labute approximate surface area is 156 Å². The van der Waals surface area contributed by atoms with Crippen molar-refractivity contribution in [1.82, 2.24) is 4.72 Å². The molecule has 0 aromatic heterocycles. The van der Waals surface area contributed by atoms with E-state index < -0.39 is 15.6 Å². The second-order valence-corrected chi connectivity index (χ2v) is 9.43. The molecule has 2 aromatic carbocycles. The highest BCUT2D eigenvalue weighted by atomic mass is 32.2. The third kappa shape index (κ3) is 4.53. The molecule has 1 fully saturated rings. The van der Waals surface area contributed by atoms with Crippen molar-refractivity contribution in [1.29, 1.82) is 0 Å². The molecule has 0 atom stereocenters. The van der Waals surface area contributed by atoms with Gasteiger partial charge in [0.15, 0.2) is 0 Å². The van der Waals surface area contributed by atoms with Crippen molar-refractivity contribution in [3.8, 4) is 11.1 Å². The molecule has 140 valence electrons. The number of sulfonamides is 1. The second-order valence-electron chi connectivity index (χ2n) is 7.71. The van der Waals surface area contributed by atoms with Crippen LogP contribution in [0.5, 0.6) is 0 Å². The van der Waals surface area contributed by atoms with Gasteiger partial charge in [-0.15, -0.1) is 0 Å². The quantitative estimate of drug-likeness (QED) is 0.834. The van der Waals surface area contributed by atoms with Crippen LogP contribution in [-0.4, -0.2) is 25.2 Å². The van der Waals surface area contributed by atoms with E-state index in [4.69, 9.17) is 0 Å². The number of nitrogens with one attached hydrogen (secondary N) is 1. The standard InChI is InChI=1S/C21H27NO3S/c1-21(2,23)18-10-12-19(13-11-18)22-26(24,25)20-14-8-17(9-15-20)16-6-4-3-5-7-16/h3-9,14-15,18-19,22-23H,10-13H2,1-2H3. The summed E-state index contributed by atoms with van der Waals surface area (Å²) < 4.78 is 28.2. The molecule has 1 aliphatic rings. The lowest BCUT2D eigenvalue weighted by molar-refractivity contribution is -0.00182. The van der Waals surface area contributed by atoms with Crippen LogP contribution in [0.1, 0.15) is 39.5 Å². The molecule has 0 heterocycles. The summed E-state index contributed by atoms with van der Waals surface area (Å²) in [5, 5.41) is 10.1. The molecule has 0 unspecified atom stereocenters. The number of aliphatic hydroxyl groups is 1. The monoisotopic (exact) mass is 373 g/mol. The number of rotatable bonds is 5. The minimum Gasteiger partial charge on any atom is -0.390 e. The van der Waals surface area contributed by atoms with E-state index in [0.29, 0.717) is 4.90 Å². The lowest BCUT2D eigenvalue weighted by Gasteiger charge is -2.35. The molecule has 26 heavy (non-hydrogen) atoms. The SMILES string of the molecule is CC(C)(O)C1CCC(NS(=O)(=O)c2ccc(-c3ccccc3)cc2)CC1. The third-order valence-electron chi connectivity index (χ3n) is 5.32. The highest BCUT2D eigenvalue weighted by Crippen LogP contribution is 2.33. The summed E-state index contributed by atoms with van der Waals surface area (Å²) in [4.78, 5) is 0.293. The van der Waals surface area contributed by atoms with Crippen LogP contribution in [0.15, 0.2) is 59.5 Å². The molecule has 5 heteroatoms. The van der Waals surface area contributed by atoms with Crippen LogP contribution < -0.4 is 4.72 Å². The topological polar surface area (TPSA) is 66.4 Å². The molecule has 2 aromatic rings. The van der Waals surface area contributed by atoms with Crippen molar-refractivity contribution < 1.29 is 13.5 Å². The van der Waals surface area contributed by atoms with E-state index in [9.17, 15) is 13.5 Å². The van der Waals surface area contributed by atoms with Gasteiger partial charge >= 0.3 is 0 Å². The Bertz CT molecular complexity index is 816. The van der Waals surface area contributed by atoms with Gasteiger partial charge in [0.2, 0.25) is 10.0 Å². The Balaban J connectivity index is 1.66. The Morgan fingerprint density at radius 1 is 0.885 bits per heavy atom. The van der Waals surface area contributed by atoms with E-state index >= 15 is 0 Å². The molecule has 2 N–H and O–H groups in total. The summed E-state index contributed by atoms with van der Waals surface area (Å²) in [5.74, 6) is 0.230. The molecule has 0 radical (unpaired) electrons. The van der Waals surface area contributed by atoms with Crippen LogP contribution in [0, 0.1) is 5.92 Å². The molecule has 1 aliphatic carbocycles. The first kappa shape index (κ1) is 19.1. The smallest absolute Gasteiger partial charge is 0.240 e. The maximum atomic E-state index is 12.7. The van der Waals surface area contributed by atoms with E-state index in [1.54, 1.807) is 12.1 Å². The van der Waals surface area contributed by atoms with Crippen LogP contribution in [0.2, 0.25) is 0 Å². The fourth-order valence-corrected chi connectivity index (χ4v) is 4.97. The minimum atomic E-state index is -3.52. The molecule has 0 saturated heterocycles. The van der Waals surface area contributed by atoms with E-state index in [-0.39, 0.29) is 12.0 Å². The molecule has 1 saturated carbocycles. The van der Waals surface area contributed by atoms with Gasteiger partial charge in [0.05, 0.1) is 10.5 Å². The maximum Gasteiger partial charge on any atom is 0.240 e. The van der Waals surface area contributed by atoms with Gasteiger partial charge in [0.25, 0.3) is 0 Å². The summed E-state index contributed by atoms with van der Waals surface area (Å²) in [6, 6.07) is 16.8. The van der Waals surface area contributed by atoms with E-state index in [1.165, 1.54) is 0 Å².